The van der Waals surface area contributed by atoms with E-state index in [-0.39, 0.29) is 0 Å². The molecule has 0 atom stereocenters. The molecule has 0 aromatic carbocycles. The summed E-state index contributed by atoms with van der Waals surface area (Å²) in [5, 5.41) is 9.01. The van der Waals surface area contributed by atoms with E-state index in [9.17, 15) is 0 Å². The lowest BCUT2D eigenvalue weighted by Crippen LogP contribution is -2.14. The van der Waals surface area contributed by atoms with Gasteiger partial charge in [0, 0.05) is 29.3 Å². The number of aryl methyl sites for hydroxylation is 1. The van der Waals surface area contributed by atoms with Crippen LogP contribution in [0.2, 0.25) is 5.02 Å². The molecule has 0 unspecified atom stereocenters. The van der Waals surface area contributed by atoms with E-state index < -0.39 is 0 Å². The molecule has 1 aliphatic heterocycles. The number of aromatic nitrogens is 2. The van der Waals surface area contributed by atoms with Gasteiger partial charge in [-0.05, 0) is 0 Å². The van der Waals surface area contributed by atoms with E-state index in [1.807, 2.05) is 21.6 Å². The van der Waals surface area contributed by atoms with E-state index in [0.717, 1.165) is 41.6 Å². The van der Waals surface area contributed by atoms with Gasteiger partial charge in [-0.25, -0.2) is 4.68 Å². The summed E-state index contributed by atoms with van der Waals surface area (Å²) in [6.45, 7) is 1.69. The van der Waals surface area contributed by atoms with Crippen molar-refractivity contribution in [1.82, 2.24) is 9.78 Å². The standard InChI is InChI=1S/C10H9ClN2OS/c11-9-6-15-5-8(9)7-4-12-13-2-1-3-14-10(7)13/h4-6H,1-3H2. The summed E-state index contributed by atoms with van der Waals surface area (Å²) in [7, 11) is 0. The van der Waals surface area contributed by atoms with Crippen LogP contribution in [0, 0.1) is 0 Å². The first kappa shape index (κ1) is 9.24. The second-order valence-corrected chi connectivity index (χ2v) is 4.57. The molecule has 0 spiro atoms. The number of halogens is 1. The Kier molecular flexibility index (Phi) is 2.18. The van der Waals surface area contributed by atoms with Gasteiger partial charge in [-0.2, -0.15) is 16.4 Å². The van der Waals surface area contributed by atoms with Crippen molar-refractivity contribution in [1.29, 1.82) is 0 Å². The Balaban J connectivity index is 2.13. The topological polar surface area (TPSA) is 27.1 Å². The maximum absolute atomic E-state index is 6.09. The maximum atomic E-state index is 6.09. The predicted molar refractivity (Wildman–Crippen MR) is 60.7 cm³/mol. The fraction of sp³-hybridized carbons (Fsp3) is 0.300. The van der Waals surface area contributed by atoms with Gasteiger partial charge in [-0.15, -0.1) is 0 Å². The molecule has 3 nitrogen and oxygen atoms in total. The van der Waals surface area contributed by atoms with Crippen molar-refractivity contribution >= 4 is 22.9 Å². The predicted octanol–water partition coefficient (Wildman–Crippen LogP) is 3.05. The minimum atomic E-state index is 0.764. The van der Waals surface area contributed by atoms with Crippen LogP contribution < -0.4 is 4.74 Å². The summed E-state index contributed by atoms with van der Waals surface area (Å²) >= 11 is 7.68. The van der Waals surface area contributed by atoms with Crippen molar-refractivity contribution in [3.63, 3.8) is 0 Å². The Hall–Kier alpha value is -1.00. The second kappa shape index (κ2) is 3.54. The average Bonchev–Trinajstić information content (AvgIpc) is 2.83. The number of hydrogen-bond donors (Lipinski definition) is 0. The lowest BCUT2D eigenvalue weighted by Gasteiger charge is -2.15. The fourth-order valence-corrected chi connectivity index (χ4v) is 2.81. The molecule has 0 fully saturated rings. The first-order valence-electron chi connectivity index (χ1n) is 4.77. The number of thiophene rings is 1. The molecule has 0 radical (unpaired) electrons. The van der Waals surface area contributed by atoms with E-state index in [4.69, 9.17) is 16.3 Å². The summed E-state index contributed by atoms with van der Waals surface area (Å²) in [4.78, 5) is 0. The number of hydrogen-bond acceptors (Lipinski definition) is 3. The Morgan fingerprint density at radius 2 is 2.33 bits per heavy atom. The van der Waals surface area contributed by atoms with E-state index in [0.29, 0.717) is 0 Å². The van der Waals surface area contributed by atoms with Gasteiger partial charge in [0.25, 0.3) is 0 Å². The summed E-state index contributed by atoms with van der Waals surface area (Å²) in [6, 6.07) is 0. The van der Waals surface area contributed by atoms with Crippen LogP contribution >= 0.6 is 22.9 Å². The number of nitrogens with zero attached hydrogens (tertiary/aromatic N) is 2. The Morgan fingerprint density at radius 1 is 1.40 bits per heavy atom. The van der Waals surface area contributed by atoms with Crippen molar-refractivity contribution in [2.45, 2.75) is 13.0 Å². The molecule has 3 heterocycles. The van der Waals surface area contributed by atoms with Crippen molar-refractivity contribution in [3.8, 4) is 17.0 Å². The molecule has 78 valence electrons. The quantitative estimate of drug-likeness (QED) is 0.766. The summed E-state index contributed by atoms with van der Waals surface area (Å²) < 4.78 is 7.52. The highest BCUT2D eigenvalue weighted by molar-refractivity contribution is 7.09. The van der Waals surface area contributed by atoms with Crippen LogP contribution in [0.4, 0.5) is 0 Å². The Labute approximate surface area is 96.2 Å². The normalized spacial score (nSPS) is 14.7. The van der Waals surface area contributed by atoms with Crippen LogP contribution in [0.5, 0.6) is 5.88 Å². The van der Waals surface area contributed by atoms with Crippen LogP contribution in [-0.2, 0) is 6.54 Å². The van der Waals surface area contributed by atoms with Gasteiger partial charge in [-0.3, -0.25) is 0 Å². The summed E-state index contributed by atoms with van der Waals surface area (Å²) in [6.07, 6.45) is 2.85. The zero-order valence-electron chi connectivity index (χ0n) is 7.94. The van der Waals surface area contributed by atoms with Crippen LogP contribution in [0.25, 0.3) is 11.1 Å². The highest BCUT2D eigenvalue weighted by Crippen LogP contribution is 2.38. The molecule has 0 amide bonds. The average molecular weight is 241 g/mol. The zero-order valence-corrected chi connectivity index (χ0v) is 9.51. The van der Waals surface area contributed by atoms with E-state index in [1.165, 1.54) is 0 Å². The molecule has 0 saturated heterocycles. The first-order chi connectivity index (χ1) is 7.36. The van der Waals surface area contributed by atoms with Gasteiger partial charge in [-0.1, -0.05) is 11.6 Å². The monoisotopic (exact) mass is 240 g/mol. The molecule has 0 N–H and O–H groups in total. The van der Waals surface area contributed by atoms with Gasteiger partial charge in [0.2, 0.25) is 5.88 Å². The van der Waals surface area contributed by atoms with Crippen LogP contribution in [-0.4, -0.2) is 16.4 Å². The Morgan fingerprint density at radius 3 is 3.13 bits per heavy atom. The lowest BCUT2D eigenvalue weighted by molar-refractivity contribution is 0.231. The molecule has 5 heteroatoms. The van der Waals surface area contributed by atoms with Gasteiger partial charge in [0.1, 0.15) is 0 Å². The first-order valence-corrected chi connectivity index (χ1v) is 6.09. The number of fused-ring (bicyclic) bond motifs is 1. The van der Waals surface area contributed by atoms with Crippen molar-refractivity contribution in [2.75, 3.05) is 6.61 Å². The van der Waals surface area contributed by atoms with Gasteiger partial charge in [0.05, 0.1) is 23.4 Å². The van der Waals surface area contributed by atoms with Crippen LogP contribution in [0.3, 0.4) is 0 Å². The van der Waals surface area contributed by atoms with Crippen molar-refractivity contribution in [2.24, 2.45) is 0 Å². The van der Waals surface area contributed by atoms with Crippen LogP contribution in [0.15, 0.2) is 17.0 Å². The fourth-order valence-electron chi connectivity index (χ4n) is 1.73. The molecular formula is C10H9ClN2OS. The SMILES string of the molecule is Clc1cscc1-c1cnn2c1OCCC2. The highest BCUT2D eigenvalue weighted by atomic mass is 35.5. The van der Waals surface area contributed by atoms with E-state index in [1.54, 1.807) is 11.3 Å². The molecule has 1 aliphatic rings. The summed E-state index contributed by atoms with van der Waals surface area (Å²) in [5.74, 6) is 0.849. The molecule has 15 heavy (non-hydrogen) atoms. The molecule has 0 bridgehead atoms. The molecule has 2 aromatic heterocycles. The van der Waals surface area contributed by atoms with Gasteiger partial charge < -0.3 is 4.74 Å². The third-order valence-corrected chi connectivity index (χ3v) is 3.63. The molecule has 0 aliphatic carbocycles. The smallest absolute Gasteiger partial charge is 0.219 e. The number of ether oxygens (including phenoxy) is 1. The van der Waals surface area contributed by atoms with Crippen LogP contribution in [0.1, 0.15) is 6.42 Å². The molecule has 2 aromatic rings. The van der Waals surface area contributed by atoms with Gasteiger partial charge >= 0.3 is 0 Å². The Bertz CT molecular complexity index is 491. The van der Waals surface area contributed by atoms with Gasteiger partial charge in [0.15, 0.2) is 0 Å². The number of rotatable bonds is 1. The molecule has 0 saturated carbocycles. The summed E-state index contributed by atoms with van der Waals surface area (Å²) in [5.41, 5.74) is 2.02. The minimum absolute atomic E-state index is 0.764. The maximum Gasteiger partial charge on any atom is 0.219 e. The highest BCUT2D eigenvalue weighted by Gasteiger charge is 2.19. The van der Waals surface area contributed by atoms with Crippen molar-refractivity contribution < 1.29 is 4.74 Å². The third-order valence-electron chi connectivity index (χ3n) is 2.45. The molecular weight excluding hydrogens is 232 g/mol. The largest absolute Gasteiger partial charge is 0.477 e. The zero-order chi connectivity index (χ0) is 10.3. The lowest BCUT2D eigenvalue weighted by atomic mass is 10.2. The van der Waals surface area contributed by atoms with E-state index >= 15 is 0 Å². The second-order valence-electron chi connectivity index (χ2n) is 3.42. The third kappa shape index (κ3) is 1.44. The minimum Gasteiger partial charge on any atom is -0.477 e. The van der Waals surface area contributed by atoms with Crippen molar-refractivity contribution in [3.05, 3.63) is 22.0 Å². The van der Waals surface area contributed by atoms with E-state index in [2.05, 4.69) is 5.10 Å². The molecule has 3 rings (SSSR count).